The quantitative estimate of drug-likeness (QED) is 0.194. The first-order chi connectivity index (χ1) is 19.9. The van der Waals surface area contributed by atoms with Crippen molar-refractivity contribution in [3.05, 3.63) is 121 Å². The van der Waals surface area contributed by atoms with Crippen LogP contribution in [0.1, 0.15) is 6.04 Å². The summed E-state index contributed by atoms with van der Waals surface area (Å²) in [5.74, 6) is 0. The fourth-order valence-corrected chi connectivity index (χ4v) is 8.31. The van der Waals surface area contributed by atoms with Gasteiger partial charge >= 0.3 is 0 Å². The van der Waals surface area contributed by atoms with Gasteiger partial charge in [-0.3, -0.25) is 0 Å². The molecule has 4 heterocycles. The second-order valence-corrected chi connectivity index (χ2v) is 11.7. The lowest BCUT2D eigenvalue weighted by atomic mass is 10.0. The number of allylic oxidation sites excluding steroid dienone is 4. The predicted octanol–water partition coefficient (Wildman–Crippen LogP) is 10.0. The summed E-state index contributed by atoms with van der Waals surface area (Å²) in [7, 11) is 0. The van der Waals surface area contributed by atoms with Gasteiger partial charge in [-0.05, 0) is 24.3 Å². The zero-order valence-corrected chi connectivity index (χ0v) is 22.2. The molecule has 1 unspecified atom stereocenters. The van der Waals surface area contributed by atoms with Crippen LogP contribution in [0.15, 0.2) is 126 Å². The Bertz CT molecular complexity index is 2500. The number of para-hydroxylation sites is 2. The van der Waals surface area contributed by atoms with Crippen molar-refractivity contribution in [1.29, 1.82) is 0 Å². The lowest BCUT2D eigenvalue weighted by molar-refractivity contribution is 0.669. The van der Waals surface area contributed by atoms with Crippen LogP contribution in [0.25, 0.3) is 63.9 Å². The molecule has 0 fully saturated rings. The number of hydrogen-bond donors (Lipinski definition) is 0. The van der Waals surface area contributed by atoms with E-state index in [0.717, 1.165) is 16.6 Å². The van der Waals surface area contributed by atoms with Crippen LogP contribution in [-0.4, -0.2) is 10.3 Å². The molecule has 5 aromatic carbocycles. The second-order valence-electron chi connectivity index (χ2n) is 10.7. The molecule has 0 amide bonds. The number of furan rings is 1. The monoisotopic (exact) mass is 529 g/mol. The number of aromatic nitrogens is 1. The van der Waals surface area contributed by atoms with Gasteiger partial charge in [0.15, 0.2) is 0 Å². The Hall–Kier alpha value is -4.93. The minimum absolute atomic E-state index is 0.0591. The molecule has 2 aliphatic rings. The molecular weight excluding hydrogens is 508 g/mol. The summed E-state index contributed by atoms with van der Waals surface area (Å²) in [5, 5.41) is 7.53. The lowest BCUT2D eigenvalue weighted by Crippen LogP contribution is -2.30. The molecule has 40 heavy (non-hydrogen) atoms. The van der Waals surface area contributed by atoms with Gasteiger partial charge in [0, 0.05) is 49.8 Å². The smallest absolute Gasteiger partial charge is 0.236 e. The van der Waals surface area contributed by atoms with Gasteiger partial charge in [-0.2, -0.15) is 4.58 Å². The first kappa shape index (κ1) is 21.0. The third-order valence-corrected chi connectivity index (χ3v) is 9.89. The van der Waals surface area contributed by atoms with Crippen molar-refractivity contribution in [3.63, 3.8) is 0 Å². The molecule has 0 spiro atoms. The van der Waals surface area contributed by atoms with Crippen molar-refractivity contribution in [3.8, 4) is 0 Å². The van der Waals surface area contributed by atoms with Crippen LogP contribution >= 0.6 is 11.3 Å². The Labute approximate surface area is 232 Å². The van der Waals surface area contributed by atoms with E-state index in [1.165, 1.54) is 64.5 Å². The van der Waals surface area contributed by atoms with Crippen molar-refractivity contribution >= 4 is 92.3 Å². The van der Waals surface area contributed by atoms with E-state index in [4.69, 9.17) is 4.42 Å². The number of benzene rings is 5. The van der Waals surface area contributed by atoms with Gasteiger partial charge in [-0.1, -0.05) is 78.9 Å². The van der Waals surface area contributed by atoms with Crippen molar-refractivity contribution in [2.24, 2.45) is 0 Å². The third kappa shape index (κ3) is 2.48. The van der Waals surface area contributed by atoms with Crippen LogP contribution in [0.2, 0.25) is 0 Å². The summed E-state index contributed by atoms with van der Waals surface area (Å²) in [4.78, 5) is 0. The molecule has 3 aromatic heterocycles. The average molecular weight is 530 g/mol. The van der Waals surface area contributed by atoms with E-state index < -0.39 is 0 Å². The van der Waals surface area contributed by atoms with E-state index >= 15 is 0 Å². The van der Waals surface area contributed by atoms with Gasteiger partial charge < -0.3 is 8.98 Å². The van der Waals surface area contributed by atoms with Crippen LogP contribution in [0.5, 0.6) is 0 Å². The minimum atomic E-state index is 0.0591. The van der Waals surface area contributed by atoms with Gasteiger partial charge in [0.05, 0.1) is 10.9 Å². The Morgan fingerprint density at radius 1 is 0.625 bits per heavy atom. The zero-order chi connectivity index (χ0) is 25.9. The van der Waals surface area contributed by atoms with Gasteiger partial charge in [-0.15, -0.1) is 11.3 Å². The zero-order valence-electron chi connectivity index (χ0n) is 21.3. The number of thiophene rings is 1. The molecule has 0 radical (unpaired) electrons. The molecule has 10 rings (SSSR count). The van der Waals surface area contributed by atoms with E-state index in [9.17, 15) is 0 Å². The van der Waals surface area contributed by atoms with Crippen molar-refractivity contribution < 1.29 is 4.42 Å². The molecule has 1 aliphatic heterocycles. The van der Waals surface area contributed by atoms with Crippen molar-refractivity contribution in [1.82, 2.24) is 9.14 Å². The van der Waals surface area contributed by atoms with Gasteiger partial charge in [0.25, 0.3) is 0 Å². The standard InChI is InChI=1S/C36H21N2OS/c1-5-17-30-25(10-1)33-31(39-30)20-19-23-22-11-7-15-28-34(22)38(35(23)33)27-14-4-3-13-26(27)37(28)29-16-8-12-24-21-9-2-6-18-32(21)40-36(24)29/h1-20,27H/q+1. The molecule has 0 bridgehead atoms. The highest BCUT2D eigenvalue weighted by Gasteiger charge is 2.39. The topological polar surface area (TPSA) is 21.1 Å². The summed E-state index contributed by atoms with van der Waals surface area (Å²) < 4.78 is 14.1. The summed E-state index contributed by atoms with van der Waals surface area (Å²) in [6.07, 6.45) is 8.98. The molecule has 0 saturated carbocycles. The highest BCUT2D eigenvalue weighted by Crippen LogP contribution is 2.48. The van der Waals surface area contributed by atoms with Gasteiger partial charge in [0.1, 0.15) is 27.4 Å². The Morgan fingerprint density at radius 3 is 2.35 bits per heavy atom. The molecule has 0 N–H and O–H groups in total. The number of rotatable bonds is 1. The summed E-state index contributed by atoms with van der Waals surface area (Å²) in [5.41, 5.74) is 8.08. The number of nitrogens with zero attached hydrogens (tertiary/aromatic N) is 2. The molecule has 4 heteroatoms. The van der Waals surface area contributed by atoms with Crippen LogP contribution < -0.4 is 4.58 Å². The molecule has 1 atom stereocenters. The second kappa shape index (κ2) is 7.38. The van der Waals surface area contributed by atoms with Crippen LogP contribution in [0.4, 0.5) is 11.4 Å². The van der Waals surface area contributed by atoms with Crippen LogP contribution in [0, 0.1) is 0 Å². The van der Waals surface area contributed by atoms with E-state index in [1.807, 2.05) is 17.4 Å². The SMILES string of the molecule is C1=CC2=[N+](c3cccc4c3sc3ccccc34)c3cccc4c5ccc6oc7ccccc7c6c5n(c34)C2C=C1. The third-order valence-electron chi connectivity index (χ3n) is 8.68. The molecule has 186 valence electrons. The molecule has 8 aromatic rings. The summed E-state index contributed by atoms with van der Waals surface area (Å²) in [6.45, 7) is 0. The van der Waals surface area contributed by atoms with E-state index in [1.54, 1.807) is 0 Å². The molecule has 0 saturated heterocycles. The fourth-order valence-electron chi connectivity index (χ4n) is 7.10. The minimum Gasteiger partial charge on any atom is -0.456 e. The Balaban J connectivity index is 1.40. The number of hydrogen-bond acceptors (Lipinski definition) is 2. The molecule has 3 nitrogen and oxygen atoms in total. The largest absolute Gasteiger partial charge is 0.456 e. The highest BCUT2D eigenvalue weighted by atomic mass is 32.1. The Kier molecular flexibility index (Phi) is 3.87. The van der Waals surface area contributed by atoms with Gasteiger partial charge in [-0.25, -0.2) is 0 Å². The number of fused-ring (bicyclic) bond motifs is 12. The predicted molar refractivity (Wildman–Crippen MR) is 170 cm³/mol. The van der Waals surface area contributed by atoms with E-state index in [2.05, 4.69) is 124 Å². The molecule has 1 aliphatic carbocycles. The van der Waals surface area contributed by atoms with Crippen LogP contribution in [-0.2, 0) is 0 Å². The summed E-state index contributed by atoms with van der Waals surface area (Å²) in [6, 6.07) is 35.1. The maximum absolute atomic E-state index is 6.35. The van der Waals surface area contributed by atoms with Gasteiger partial charge in [0.2, 0.25) is 17.1 Å². The fraction of sp³-hybridized carbons (Fsp3) is 0.0278. The molecular formula is C36H21N2OS+. The first-order valence-electron chi connectivity index (χ1n) is 13.7. The van der Waals surface area contributed by atoms with Crippen molar-refractivity contribution in [2.45, 2.75) is 6.04 Å². The van der Waals surface area contributed by atoms with E-state index in [-0.39, 0.29) is 6.04 Å². The van der Waals surface area contributed by atoms with E-state index in [0.29, 0.717) is 0 Å². The Morgan fingerprint density at radius 2 is 1.40 bits per heavy atom. The lowest BCUT2D eigenvalue weighted by Gasteiger charge is -2.24. The normalized spacial score (nSPS) is 16.4. The maximum Gasteiger partial charge on any atom is 0.236 e. The highest BCUT2D eigenvalue weighted by molar-refractivity contribution is 7.26. The first-order valence-corrected chi connectivity index (χ1v) is 14.5. The van der Waals surface area contributed by atoms with Crippen molar-refractivity contribution in [2.75, 3.05) is 0 Å². The average Bonchev–Trinajstić information content (AvgIpc) is 3.68. The summed E-state index contributed by atoms with van der Waals surface area (Å²) >= 11 is 1.89. The van der Waals surface area contributed by atoms with Crippen LogP contribution in [0.3, 0.4) is 0 Å². The maximum atomic E-state index is 6.35.